The molecule has 0 aromatic heterocycles. The maximum Gasteiger partial charge on any atom is 0.314 e. The largest absolute Gasteiger partial charge is 0.481 e. The molecule has 11 heavy (non-hydrogen) atoms. The van der Waals surface area contributed by atoms with Crippen molar-refractivity contribution in [1.82, 2.24) is 0 Å². The van der Waals surface area contributed by atoms with E-state index in [-0.39, 0.29) is 6.42 Å². The van der Waals surface area contributed by atoms with Crippen LogP contribution in [0.25, 0.3) is 0 Å². The minimum absolute atomic E-state index is 0.0413. The summed E-state index contributed by atoms with van der Waals surface area (Å²) in [6, 6.07) is 0. The number of rotatable bonds is 3. The van der Waals surface area contributed by atoms with Gasteiger partial charge in [-0.3, -0.25) is 4.79 Å². The summed E-state index contributed by atoms with van der Waals surface area (Å²) >= 11 is 0. The van der Waals surface area contributed by atoms with Crippen molar-refractivity contribution in [3.05, 3.63) is 0 Å². The molecule has 0 saturated heterocycles. The van der Waals surface area contributed by atoms with Crippen LogP contribution in [0.5, 0.6) is 0 Å². The molecule has 0 fully saturated rings. The number of carbonyl (C=O) groups is 1. The van der Waals surface area contributed by atoms with Gasteiger partial charge in [-0.1, -0.05) is 0 Å². The van der Waals surface area contributed by atoms with Crippen molar-refractivity contribution in [2.75, 3.05) is 13.3 Å². The fourth-order valence-electron chi connectivity index (χ4n) is 0.685. The lowest BCUT2D eigenvalue weighted by Crippen LogP contribution is -2.18. The van der Waals surface area contributed by atoms with Crippen molar-refractivity contribution in [3.8, 4) is 12.3 Å². The zero-order chi connectivity index (χ0) is 9.07. The van der Waals surface area contributed by atoms with E-state index in [1.165, 1.54) is 13.3 Å². The van der Waals surface area contributed by atoms with Crippen LogP contribution in [0.2, 0.25) is 0 Å². The van der Waals surface area contributed by atoms with Crippen LogP contribution in [0.15, 0.2) is 0 Å². The molecule has 0 bridgehead atoms. The second kappa shape index (κ2) is 3.59. The molecule has 0 aliphatic carbocycles. The lowest BCUT2D eigenvalue weighted by Gasteiger charge is -2.13. The van der Waals surface area contributed by atoms with Crippen LogP contribution in [-0.2, 0) is 9.36 Å². The average molecular weight is 174 g/mol. The number of terminal acetylenes is 1. The SMILES string of the molecule is C#CCC(C(=O)O)P(C)(C)=O. The van der Waals surface area contributed by atoms with Gasteiger partial charge in [0.25, 0.3) is 0 Å². The molecule has 0 radical (unpaired) electrons. The normalized spacial score (nSPS) is 13.5. The molecule has 0 amide bonds. The standard InChI is InChI=1S/C7H11O3P/c1-4-5-6(7(8)9)11(2,3)10/h1,6H,5H2,2-3H3,(H,8,9). The van der Waals surface area contributed by atoms with Crippen molar-refractivity contribution < 1.29 is 14.5 Å². The highest BCUT2D eigenvalue weighted by atomic mass is 31.2. The van der Waals surface area contributed by atoms with Crippen LogP contribution >= 0.6 is 7.14 Å². The Morgan fingerprint density at radius 2 is 2.18 bits per heavy atom. The minimum Gasteiger partial charge on any atom is -0.481 e. The first-order valence-electron chi connectivity index (χ1n) is 3.10. The Kier molecular flexibility index (Phi) is 3.35. The number of aliphatic carboxylic acids is 1. The zero-order valence-corrected chi connectivity index (χ0v) is 7.47. The molecule has 3 nitrogen and oxygen atoms in total. The minimum atomic E-state index is -2.59. The molecule has 0 aromatic rings. The molecule has 1 atom stereocenters. The van der Waals surface area contributed by atoms with E-state index in [1.807, 2.05) is 0 Å². The molecular weight excluding hydrogens is 163 g/mol. The second-order valence-electron chi connectivity index (χ2n) is 2.70. The Bertz CT molecular complexity index is 233. The van der Waals surface area contributed by atoms with Gasteiger partial charge in [-0.15, -0.1) is 12.3 Å². The Labute approximate surface area is 66.2 Å². The average Bonchev–Trinajstić information content (AvgIpc) is 1.79. The summed E-state index contributed by atoms with van der Waals surface area (Å²) in [5.74, 6) is 1.13. The quantitative estimate of drug-likeness (QED) is 0.514. The van der Waals surface area contributed by atoms with Crippen molar-refractivity contribution >= 4 is 13.1 Å². The first kappa shape index (κ1) is 10.3. The first-order valence-corrected chi connectivity index (χ1v) is 5.77. The van der Waals surface area contributed by atoms with Crippen LogP contribution in [0.3, 0.4) is 0 Å². The highest BCUT2D eigenvalue weighted by Crippen LogP contribution is 2.43. The highest BCUT2D eigenvalue weighted by molar-refractivity contribution is 7.64. The van der Waals surface area contributed by atoms with E-state index in [0.29, 0.717) is 0 Å². The Morgan fingerprint density at radius 1 is 1.73 bits per heavy atom. The van der Waals surface area contributed by atoms with Gasteiger partial charge in [0.2, 0.25) is 0 Å². The van der Waals surface area contributed by atoms with E-state index in [2.05, 4.69) is 5.92 Å². The van der Waals surface area contributed by atoms with Crippen LogP contribution in [0.1, 0.15) is 6.42 Å². The summed E-state index contributed by atoms with van der Waals surface area (Å²) in [4.78, 5) is 10.5. The molecule has 0 saturated carbocycles. The second-order valence-corrected chi connectivity index (χ2v) is 6.19. The van der Waals surface area contributed by atoms with E-state index in [0.717, 1.165) is 0 Å². The van der Waals surface area contributed by atoms with Crippen molar-refractivity contribution in [2.24, 2.45) is 0 Å². The van der Waals surface area contributed by atoms with Crippen molar-refractivity contribution in [1.29, 1.82) is 0 Å². The van der Waals surface area contributed by atoms with E-state index in [9.17, 15) is 9.36 Å². The number of carboxylic acid groups (broad SMARTS) is 1. The molecule has 0 rings (SSSR count). The number of carboxylic acids is 1. The van der Waals surface area contributed by atoms with Gasteiger partial charge < -0.3 is 9.67 Å². The molecule has 0 aliphatic rings. The van der Waals surface area contributed by atoms with Gasteiger partial charge in [-0.25, -0.2) is 0 Å². The van der Waals surface area contributed by atoms with Crippen LogP contribution in [-0.4, -0.2) is 30.1 Å². The predicted octanol–water partition coefficient (Wildman–Crippen LogP) is 1.09. The lowest BCUT2D eigenvalue weighted by atomic mass is 10.3. The smallest absolute Gasteiger partial charge is 0.314 e. The molecule has 1 N–H and O–H groups in total. The maximum absolute atomic E-state index is 11.3. The molecule has 1 unspecified atom stereocenters. The molecular formula is C7H11O3P. The third kappa shape index (κ3) is 3.25. The summed E-state index contributed by atoms with van der Waals surface area (Å²) in [5, 5.41) is 8.57. The van der Waals surface area contributed by atoms with Crippen molar-refractivity contribution in [3.63, 3.8) is 0 Å². The van der Waals surface area contributed by atoms with E-state index in [1.54, 1.807) is 0 Å². The number of hydrogen-bond donors (Lipinski definition) is 1. The third-order valence-corrected chi connectivity index (χ3v) is 3.25. The highest BCUT2D eigenvalue weighted by Gasteiger charge is 2.28. The summed E-state index contributed by atoms with van der Waals surface area (Å²) in [7, 11) is -2.59. The zero-order valence-electron chi connectivity index (χ0n) is 6.57. The molecule has 0 heterocycles. The van der Waals surface area contributed by atoms with Gasteiger partial charge in [0.15, 0.2) is 0 Å². The summed E-state index contributed by atoms with van der Waals surface area (Å²) in [5.41, 5.74) is -0.882. The van der Waals surface area contributed by atoms with Gasteiger partial charge in [0.1, 0.15) is 5.66 Å². The number of hydrogen-bond acceptors (Lipinski definition) is 2. The van der Waals surface area contributed by atoms with Gasteiger partial charge in [0, 0.05) is 6.42 Å². The van der Waals surface area contributed by atoms with E-state index in [4.69, 9.17) is 11.5 Å². The molecule has 4 heteroatoms. The summed E-state index contributed by atoms with van der Waals surface area (Å²) in [6.45, 7) is 2.87. The van der Waals surface area contributed by atoms with E-state index < -0.39 is 18.8 Å². The third-order valence-electron chi connectivity index (χ3n) is 1.35. The lowest BCUT2D eigenvalue weighted by molar-refractivity contribution is -0.136. The van der Waals surface area contributed by atoms with Crippen LogP contribution < -0.4 is 0 Å². The van der Waals surface area contributed by atoms with Crippen LogP contribution in [0, 0.1) is 12.3 Å². The van der Waals surface area contributed by atoms with Gasteiger partial charge in [-0.2, -0.15) is 0 Å². The fraction of sp³-hybridized carbons (Fsp3) is 0.571. The van der Waals surface area contributed by atoms with Crippen LogP contribution in [0.4, 0.5) is 0 Å². The fourth-order valence-corrected chi connectivity index (χ4v) is 1.76. The molecule has 0 aromatic carbocycles. The topological polar surface area (TPSA) is 54.4 Å². The summed E-state index contributed by atoms with van der Waals surface area (Å²) < 4.78 is 11.3. The van der Waals surface area contributed by atoms with E-state index >= 15 is 0 Å². The summed E-state index contributed by atoms with van der Waals surface area (Å²) in [6.07, 6.45) is 4.97. The van der Waals surface area contributed by atoms with Crippen molar-refractivity contribution in [2.45, 2.75) is 12.1 Å². The maximum atomic E-state index is 11.3. The Balaban J connectivity index is 4.52. The van der Waals surface area contributed by atoms with Gasteiger partial charge in [0.05, 0.1) is 7.14 Å². The molecule has 62 valence electrons. The predicted molar refractivity (Wildman–Crippen MR) is 44.3 cm³/mol. The Morgan fingerprint density at radius 3 is 2.27 bits per heavy atom. The van der Waals surface area contributed by atoms with Gasteiger partial charge >= 0.3 is 5.97 Å². The molecule has 0 aliphatic heterocycles. The molecule has 0 spiro atoms. The first-order chi connectivity index (χ1) is 4.89. The Hall–Kier alpha value is -0.740. The monoisotopic (exact) mass is 174 g/mol. The van der Waals surface area contributed by atoms with Gasteiger partial charge in [-0.05, 0) is 13.3 Å².